The van der Waals surface area contributed by atoms with Crippen molar-refractivity contribution in [1.29, 1.82) is 0 Å². The van der Waals surface area contributed by atoms with Gasteiger partial charge in [-0.2, -0.15) is 0 Å². The second-order valence-corrected chi connectivity index (χ2v) is 10.9. The van der Waals surface area contributed by atoms with Crippen LogP contribution in [0.4, 0.5) is 0 Å². The summed E-state index contributed by atoms with van der Waals surface area (Å²) in [6.45, 7) is 5.39. The van der Waals surface area contributed by atoms with Crippen LogP contribution in [-0.2, 0) is 13.1 Å². The average Bonchev–Trinajstić information content (AvgIpc) is 3.38. The third-order valence-corrected chi connectivity index (χ3v) is 8.73. The molecule has 2 aliphatic rings. The summed E-state index contributed by atoms with van der Waals surface area (Å²) in [4.78, 5) is 17.0. The van der Waals surface area contributed by atoms with Gasteiger partial charge in [0.25, 0.3) is 0 Å². The molecule has 1 fully saturated rings. The van der Waals surface area contributed by atoms with E-state index in [1.54, 1.807) is 0 Å². The number of aromatic carboxylic acids is 1. The van der Waals surface area contributed by atoms with Crippen molar-refractivity contribution in [3.8, 4) is 11.3 Å². The standard InChI is InChI=1S/C27H35N3O3S/c1-28(15-16-31)11-12-29-13-14-30-22-17-23(27(32)33)34-26(22)24(19-7-3-2-4-8-19)25(30)21-10-6-5-9-20(21)18-29/h5-6,9-10,17,19,31H,2-4,7-8,11-16,18H2,1H3,(H,32,33). The molecular formula is C27H35N3O3S. The Morgan fingerprint density at radius 3 is 2.71 bits per heavy atom. The van der Waals surface area contributed by atoms with Crippen molar-refractivity contribution in [3.05, 3.63) is 46.3 Å². The normalized spacial score (nSPS) is 17.5. The molecule has 0 bridgehead atoms. The highest BCUT2D eigenvalue weighted by molar-refractivity contribution is 7.21. The van der Waals surface area contributed by atoms with Gasteiger partial charge in [-0.1, -0.05) is 43.5 Å². The van der Waals surface area contributed by atoms with Crippen molar-refractivity contribution < 1.29 is 15.0 Å². The Balaban J connectivity index is 1.60. The number of aromatic nitrogens is 1. The summed E-state index contributed by atoms with van der Waals surface area (Å²) in [7, 11) is 2.05. The van der Waals surface area contributed by atoms with E-state index < -0.39 is 5.97 Å². The predicted molar refractivity (Wildman–Crippen MR) is 138 cm³/mol. The van der Waals surface area contributed by atoms with E-state index in [9.17, 15) is 15.0 Å². The second kappa shape index (κ2) is 10.2. The number of carbonyl (C=O) groups is 1. The number of carboxylic acids is 1. The molecular weight excluding hydrogens is 446 g/mol. The van der Waals surface area contributed by atoms with Crippen LogP contribution in [-0.4, -0.2) is 70.4 Å². The maximum absolute atomic E-state index is 11.9. The number of thiophene rings is 1. The zero-order chi connectivity index (χ0) is 23.7. The van der Waals surface area contributed by atoms with Crippen molar-refractivity contribution in [1.82, 2.24) is 14.4 Å². The van der Waals surface area contributed by atoms with Crippen LogP contribution in [0.3, 0.4) is 0 Å². The lowest BCUT2D eigenvalue weighted by Gasteiger charge is -2.30. The first kappa shape index (κ1) is 23.5. The highest BCUT2D eigenvalue weighted by atomic mass is 32.1. The quantitative estimate of drug-likeness (QED) is 0.505. The molecule has 7 heteroatoms. The summed E-state index contributed by atoms with van der Waals surface area (Å²) < 4.78 is 3.61. The third-order valence-electron chi connectivity index (χ3n) is 7.58. The van der Waals surface area contributed by atoms with Crippen molar-refractivity contribution in [2.45, 2.75) is 51.1 Å². The number of fused-ring (bicyclic) bond motifs is 5. The molecule has 1 aliphatic heterocycles. The monoisotopic (exact) mass is 481 g/mol. The number of hydrogen-bond acceptors (Lipinski definition) is 5. The fourth-order valence-corrected chi connectivity index (χ4v) is 6.91. The largest absolute Gasteiger partial charge is 0.477 e. The number of aliphatic hydroxyl groups is 1. The third kappa shape index (κ3) is 4.54. The van der Waals surface area contributed by atoms with Gasteiger partial charge in [-0.15, -0.1) is 11.3 Å². The first-order chi connectivity index (χ1) is 16.6. The van der Waals surface area contributed by atoms with E-state index in [1.165, 1.54) is 70.5 Å². The Hall–Kier alpha value is -2.19. The van der Waals surface area contributed by atoms with E-state index in [4.69, 9.17) is 0 Å². The lowest BCUT2D eigenvalue weighted by atomic mass is 9.82. The predicted octanol–water partition coefficient (Wildman–Crippen LogP) is 4.86. The van der Waals surface area contributed by atoms with Gasteiger partial charge in [0, 0.05) is 44.8 Å². The summed E-state index contributed by atoms with van der Waals surface area (Å²) in [5, 5.41) is 19.0. The Kier molecular flexibility index (Phi) is 7.06. The Morgan fingerprint density at radius 2 is 1.94 bits per heavy atom. The Morgan fingerprint density at radius 1 is 1.15 bits per heavy atom. The number of aliphatic hydroxyl groups excluding tert-OH is 1. The van der Waals surface area contributed by atoms with Gasteiger partial charge in [0.15, 0.2) is 0 Å². The highest BCUT2D eigenvalue weighted by Gasteiger charge is 2.31. The van der Waals surface area contributed by atoms with Gasteiger partial charge in [-0.05, 0) is 43.0 Å². The van der Waals surface area contributed by atoms with Gasteiger partial charge in [0.05, 0.1) is 22.5 Å². The van der Waals surface area contributed by atoms with Crippen molar-refractivity contribution in [2.24, 2.45) is 0 Å². The van der Waals surface area contributed by atoms with Crippen LogP contribution in [0.25, 0.3) is 21.5 Å². The molecule has 1 aromatic carbocycles. The molecule has 0 spiro atoms. The van der Waals surface area contributed by atoms with Crippen LogP contribution in [0.1, 0.15) is 58.8 Å². The van der Waals surface area contributed by atoms with Crippen LogP contribution < -0.4 is 0 Å². The van der Waals surface area contributed by atoms with Gasteiger partial charge < -0.3 is 19.7 Å². The molecule has 1 saturated carbocycles. The minimum Gasteiger partial charge on any atom is -0.477 e. The Labute approximate surface area is 205 Å². The molecule has 2 aromatic heterocycles. The topological polar surface area (TPSA) is 68.9 Å². The molecule has 0 atom stereocenters. The summed E-state index contributed by atoms with van der Waals surface area (Å²) in [6.07, 6.45) is 6.20. The number of carboxylic acid groups (broad SMARTS) is 1. The van der Waals surface area contributed by atoms with E-state index >= 15 is 0 Å². The molecule has 5 rings (SSSR count). The minimum atomic E-state index is -0.829. The molecule has 34 heavy (non-hydrogen) atoms. The lowest BCUT2D eigenvalue weighted by Crippen LogP contribution is -2.36. The van der Waals surface area contributed by atoms with E-state index in [0.717, 1.165) is 38.2 Å². The van der Waals surface area contributed by atoms with Crippen LogP contribution in [0.15, 0.2) is 30.3 Å². The molecule has 3 heterocycles. The van der Waals surface area contributed by atoms with E-state index in [0.29, 0.717) is 17.3 Å². The summed E-state index contributed by atoms with van der Waals surface area (Å²) >= 11 is 1.46. The van der Waals surface area contributed by atoms with Gasteiger partial charge in [-0.25, -0.2) is 4.79 Å². The average molecular weight is 482 g/mol. The van der Waals surface area contributed by atoms with E-state index in [1.807, 2.05) is 6.07 Å². The van der Waals surface area contributed by atoms with Crippen LogP contribution >= 0.6 is 11.3 Å². The molecule has 3 aromatic rings. The highest BCUT2D eigenvalue weighted by Crippen LogP contribution is 2.47. The number of benzene rings is 1. The number of nitrogens with zero attached hydrogens (tertiary/aromatic N) is 3. The van der Waals surface area contributed by atoms with Gasteiger partial charge in [0.1, 0.15) is 4.88 Å². The summed E-state index contributed by atoms with van der Waals surface area (Å²) in [6, 6.07) is 10.7. The minimum absolute atomic E-state index is 0.179. The molecule has 2 N–H and O–H groups in total. The Bertz CT molecular complexity index is 1160. The van der Waals surface area contributed by atoms with Gasteiger partial charge >= 0.3 is 5.97 Å². The van der Waals surface area contributed by atoms with E-state index in [2.05, 4.69) is 45.7 Å². The summed E-state index contributed by atoms with van der Waals surface area (Å²) in [5.74, 6) is -0.326. The molecule has 0 amide bonds. The lowest BCUT2D eigenvalue weighted by molar-refractivity contribution is 0.0702. The number of likely N-dealkylation sites (N-methyl/N-ethyl adjacent to an activating group) is 1. The van der Waals surface area contributed by atoms with Crippen LogP contribution in [0.5, 0.6) is 0 Å². The molecule has 0 radical (unpaired) electrons. The maximum atomic E-state index is 11.9. The maximum Gasteiger partial charge on any atom is 0.345 e. The number of hydrogen-bond donors (Lipinski definition) is 2. The summed E-state index contributed by atoms with van der Waals surface area (Å²) in [5.41, 5.74) is 6.46. The first-order valence-electron chi connectivity index (χ1n) is 12.6. The van der Waals surface area contributed by atoms with Gasteiger partial charge in [0.2, 0.25) is 0 Å². The zero-order valence-corrected chi connectivity index (χ0v) is 20.8. The first-order valence-corrected chi connectivity index (χ1v) is 13.4. The molecule has 6 nitrogen and oxygen atoms in total. The fourth-order valence-electron chi connectivity index (χ4n) is 5.78. The van der Waals surface area contributed by atoms with E-state index in [-0.39, 0.29) is 6.61 Å². The SMILES string of the molecule is CN(CCO)CCN1CCn2c(c(C3CCCCC3)c3sc(C(=O)O)cc32)-c2ccccc2C1. The zero-order valence-electron chi connectivity index (χ0n) is 20.0. The molecule has 0 unspecified atom stereocenters. The van der Waals surface area contributed by atoms with Crippen molar-refractivity contribution in [3.63, 3.8) is 0 Å². The second-order valence-electron chi connectivity index (χ2n) is 9.84. The van der Waals surface area contributed by atoms with Crippen molar-refractivity contribution in [2.75, 3.05) is 39.8 Å². The van der Waals surface area contributed by atoms with Crippen LogP contribution in [0.2, 0.25) is 0 Å². The van der Waals surface area contributed by atoms with Crippen molar-refractivity contribution >= 4 is 27.5 Å². The molecule has 0 saturated heterocycles. The smallest absolute Gasteiger partial charge is 0.345 e. The fraction of sp³-hybridized carbons (Fsp3) is 0.519. The molecule has 1 aliphatic carbocycles. The molecule has 182 valence electrons. The number of rotatable bonds is 7. The van der Waals surface area contributed by atoms with Crippen LogP contribution in [0, 0.1) is 0 Å². The van der Waals surface area contributed by atoms with Gasteiger partial charge in [-0.3, -0.25) is 4.90 Å².